The molecule has 0 heteroatoms. The second-order valence-electron chi connectivity index (χ2n) is 7.88. The molecule has 0 aromatic heterocycles. The van der Waals surface area contributed by atoms with Gasteiger partial charge in [0.1, 0.15) is 0 Å². The molecule has 0 spiro atoms. The van der Waals surface area contributed by atoms with Crippen molar-refractivity contribution in [3.63, 3.8) is 0 Å². The molecule has 1 aromatic carbocycles. The Morgan fingerprint density at radius 3 is 1.45 bits per heavy atom. The molecule has 0 bridgehead atoms. The average Bonchev–Trinajstić information content (AvgIpc) is 2.43. The molecule has 0 fully saturated rings. The molecule has 2 atom stereocenters. The molecule has 2 unspecified atom stereocenters. The number of fused-ring (bicyclic) bond motifs is 2. The molecular formula is C20H30. The smallest absolute Gasteiger partial charge is 0.0245 e. The Bertz CT molecular complexity index is 435. The van der Waals surface area contributed by atoms with Gasteiger partial charge in [0.25, 0.3) is 0 Å². The van der Waals surface area contributed by atoms with Crippen LogP contribution in [0.5, 0.6) is 0 Å². The maximum atomic E-state index is 2.58. The van der Waals surface area contributed by atoms with Crippen LogP contribution in [0.15, 0.2) is 12.1 Å². The van der Waals surface area contributed by atoms with Crippen molar-refractivity contribution in [2.75, 3.05) is 0 Å². The quantitative estimate of drug-likeness (QED) is 0.692. The Balaban J connectivity index is 1.85. The fourth-order valence-electron chi connectivity index (χ4n) is 4.23. The highest BCUT2D eigenvalue weighted by Crippen LogP contribution is 2.36. The van der Waals surface area contributed by atoms with Crippen LogP contribution in [0, 0.1) is 23.7 Å². The molecular weight excluding hydrogens is 240 g/mol. The maximum Gasteiger partial charge on any atom is -0.0245 e. The topological polar surface area (TPSA) is 0 Å². The molecule has 0 nitrogen and oxygen atoms in total. The first-order chi connectivity index (χ1) is 9.54. The minimum atomic E-state index is 0.838. The summed E-state index contributed by atoms with van der Waals surface area (Å²) < 4.78 is 0. The van der Waals surface area contributed by atoms with Crippen molar-refractivity contribution >= 4 is 0 Å². The molecule has 2 aliphatic rings. The van der Waals surface area contributed by atoms with E-state index in [9.17, 15) is 0 Å². The van der Waals surface area contributed by atoms with Gasteiger partial charge in [-0.05, 0) is 84.5 Å². The number of aryl methyl sites for hydroxylation is 2. The van der Waals surface area contributed by atoms with Gasteiger partial charge in [-0.2, -0.15) is 0 Å². The van der Waals surface area contributed by atoms with Gasteiger partial charge in [0.2, 0.25) is 0 Å². The van der Waals surface area contributed by atoms with E-state index in [4.69, 9.17) is 0 Å². The highest BCUT2D eigenvalue weighted by Gasteiger charge is 2.26. The Kier molecular flexibility index (Phi) is 3.93. The van der Waals surface area contributed by atoms with Crippen LogP contribution in [0.25, 0.3) is 0 Å². The van der Waals surface area contributed by atoms with E-state index in [2.05, 4.69) is 39.8 Å². The van der Waals surface area contributed by atoms with Crippen molar-refractivity contribution in [2.45, 2.75) is 66.2 Å². The van der Waals surface area contributed by atoms with Gasteiger partial charge in [0.05, 0.1) is 0 Å². The summed E-state index contributed by atoms with van der Waals surface area (Å²) in [5.41, 5.74) is 6.70. The number of hydrogen-bond acceptors (Lipinski definition) is 0. The lowest BCUT2D eigenvalue weighted by molar-refractivity contribution is 0.335. The molecule has 110 valence electrons. The van der Waals surface area contributed by atoms with Gasteiger partial charge in [-0.3, -0.25) is 0 Å². The van der Waals surface area contributed by atoms with Gasteiger partial charge in [-0.1, -0.05) is 39.8 Å². The molecule has 0 amide bonds. The molecule has 3 rings (SSSR count). The van der Waals surface area contributed by atoms with E-state index < -0.39 is 0 Å². The van der Waals surface area contributed by atoms with Gasteiger partial charge < -0.3 is 0 Å². The third-order valence-corrected chi connectivity index (χ3v) is 5.94. The monoisotopic (exact) mass is 270 g/mol. The average molecular weight is 270 g/mol. The summed E-state index contributed by atoms with van der Waals surface area (Å²) in [6.45, 7) is 9.56. The molecule has 0 N–H and O–H groups in total. The summed E-state index contributed by atoms with van der Waals surface area (Å²) >= 11 is 0. The molecule has 1 aromatic rings. The van der Waals surface area contributed by atoms with E-state index in [1.807, 2.05) is 0 Å². The van der Waals surface area contributed by atoms with Crippen molar-refractivity contribution in [1.82, 2.24) is 0 Å². The first-order valence-electron chi connectivity index (χ1n) is 8.68. The lowest BCUT2D eigenvalue weighted by atomic mass is 9.73. The number of hydrogen-bond donors (Lipinski definition) is 0. The Hall–Kier alpha value is -0.780. The molecule has 2 aliphatic carbocycles. The summed E-state index contributed by atoms with van der Waals surface area (Å²) in [7, 11) is 0. The highest BCUT2D eigenvalue weighted by molar-refractivity contribution is 5.41. The molecule has 0 aliphatic heterocycles. The number of benzene rings is 1. The van der Waals surface area contributed by atoms with Crippen LogP contribution in [0.1, 0.15) is 62.8 Å². The lowest BCUT2D eigenvalue weighted by Crippen LogP contribution is -2.23. The van der Waals surface area contributed by atoms with Crippen molar-refractivity contribution in [3.8, 4) is 0 Å². The zero-order valence-electron chi connectivity index (χ0n) is 13.7. The minimum absolute atomic E-state index is 0.838. The van der Waals surface area contributed by atoms with Crippen LogP contribution < -0.4 is 0 Å². The van der Waals surface area contributed by atoms with Crippen molar-refractivity contribution in [2.24, 2.45) is 23.7 Å². The van der Waals surface area contributed by atoms with Crippen LogP contribution in [-0.4, -0.2) is 0 Å². The Morgan fingerprint density at radius 1 is 0.700 bits per heavy atom. The molecule has 0 radical (unpaired) electrons. The van der Waals surface area contributed by atoms with Crippen LogP contribution in [0.2, 0.25) is 0 Å². The Labute approximate surface area is 125 Å². The van der Waals surface area contributed by atoms with E-state index in [-0.39, 0.29) is 0 Å². The normalized spacial score (nSPS) is 25.7. The van der Waals surface area contributed by atoms with Crippen molar-refractivity contribution in [3.05, 3.63) is 34.4 Å². The van der Waals surface area contributed by atoms with E-state index in [0.29, 0.717) is 0 Å². The summed E-state index contributed by atoms with van der Waals surface area (Å²) in [5.74, 6) is 3.49. The third-order valence-electron chi connectivity index (χ3n) is 5.94. The van der Waals surface area contributed by atoms with Gasteiger partial charge in [0.15, 0.2) is 0 Å². The fourth-order valence-corrected chi connectivity index (χ4v) is 4.23. The Morgan fingerprint density at radius 2 is 1.10 bits per heavy atom. The van der Waals surface area contributed by atoms with Gasteiger partial charge in [-0.25, -0.2) is 0 Å². The third kappa shape index (κ3) is 2.67. The standard InChI is InChI=1S/C20H30/c1-13(2)15-5-7-17-12-20-10-16(14(3)4)6-8-18(20)11-19(17)9-15/h11-16H,5-10H2,1-4H3. The van der Waals surface area contributed by atoms with Crippen LogP contribution in [0.3, 0.4) is 0 Å². The fraction of sp³-hybridized carbons (Fsp3) is 0.700. The summed E-state index contributed by atoms with van der Waals surface area (Å²) in [5, 5.41) is 0. The maximum absolute atomic E-state index is 2.58. The highest BCUT2D eigenvalue weighted by atomic mass is 14.3. The predicted molar refractivity (Wildman–Crippen MR) is 87.1 cm³/mol. The van der Waals surface area contributed by atoms with Crippen molar-refractivity contribution < 1.29 is 0 Å². The van der Waals surface area contributed by atoms with Gasteiger partial charge in [-0.15, -0.1) is 0 Å². The first-order valence-corrected chi connectivity index (χ1v) is 8.68. The number of rotatable bonds is 2. The van der Waals surface area contributed by atoms with E-state index in [0.717, 1.165) is 23.7 Å². The van der Waals surface area contributed by atoms with Gasteiger partial charge in [0, 0.05) is 0 Å². The molecule has 20 heavy (non-hydrogen) atoms. The lowest BCUT2D eigenvalue weighted by Gasteiger charge is -2.32. The zero-order chi connectivity index (χ0) is 14.3. The SMILES string of the molecule is CC(C)C1CCc2cc3c(cc2C1)CCC(C(C)C)C3. The summed E-state index contributed by atoms with van der Waals surface area (Å²) in [6.07, 6.45) is 8.09. The van der Waals surface area contributed by atoms with Crippen LogP contribution >= 0.6 is 0 Å². The first kappa shape index (κ1) is 14.2. The summed E-state index contributed by atoms with van der Waals surface area (Å²) in [4.78, 5) is 0. The molecule has 0 saturated carbocycles. The van der Waals surface area contributed by atoms with E-state index in [1.165, 1.54) is 38.5 Å². The second kappa shape index (κ2) is 5.54. The van der Waals surface area contributed by atoms with Gasteiger partial charge >= 0.3 is 0 Å². The van der Waals surface area contributed by atoms with E-state index in [1.54, 1.807) is 22.3 Å². The van der Waals surface area contributed by atoms with Crippen molar-refractivity contribution in [1.29, 1.82) is 0 Å². The van der Waals surface area contributed by atoms with E-state index >= 15 is 0 Å². The summed E-state index contributed by atoms with van der Waals surface area (Å²) in [6, 6.07) is 5.16. The van der Waals surface area contributed by atoms with Crippen LogP contribution in [0.4, 0.5) is 0 Å². The molecule has 0 heterocycles. The predicted octanol–water partition coefficient (Wildman–Crippen LogP) is 5.21. The minimum Gasteiger partial charge on any atom is -0.0625 e. The second-order valence-corrected chi connectivity index (χ2v) is 7.88. The zero-order valence-corrected chi connectivity index (χ0v) is 13.7. The van der Waals surface area contributed by atoms with Crippen LogP contribution in [-0.2, 0) is 25.7 Å². The largest absolute Gasteiger partial charge is 0.0625 e. The molecule has 0 saturated heterocycles.